The molecule has 1 aliphatic heterocycles. The average molecular weight is 291 g/mol. The predicted octanol–water partition coefficient (Wildman–Crippen LogP) is 0.885. The van der Waals surface area contributed by atoms with Gasteiger partial charge < -0.3 is 4.90 Å². The highest BCUT2D eigenvalue weighted by Gasteiger charge is 2.47. The van der Waals surface area contributed by atoms with E-state index in [0.717, 1.165) is 0 Å². The third-order valence-corrected chi connectivity index (χ3v) is 5.69. The van der Waals surface area contributed by atoms with Crippen molar-refractivity contribution in [3.05, 3.63) is 0 Å². The molecule has 0 radical (unpaired) electrons. The van der Waals surface area contributed by atoms with Crippen molar-refractivity contribution in [2.45, 2.75) is 18.5 Å². The van der Waals surface area contributed by atoms with Crippen molar-refractivity contribution in [3.63, 3.8) is 0 Å². The van der Waals surface area contributed by atoms with Crippen molar-refractivity contribution in [2.24, 2.45) is 0 Å². The monoisotopic (exact) mass is 291 g/mol. The number of hydrogen-bond acceptors (Lipinski definition) is 4. The second-order valence-electron chi connectivity index (χ2n) is 3.48. The standard InChI is InChI=1S/C8H12F3NO3S2/c1-2-17(14,15)6-5-16-4-3-12(6)7(13)8(9,10)11/h6H,2-5H2,1H3. The van der Waals surface area contributed by atoms with Gasteiger partial charge in [0, 0.05) is 23.8 Å². The van der Waals surface area contributed by atoms with Crippen LogP contribution in [0.5, 0.6) is 0 Å². The third-order valence-electron chi connectivity index (χ3n) is 2.40. The number of sulfone groups is 1. The van der Waals surface area contributed by atoms with Crippen LogP contribution in [0.1, 0.15) is 6.92 Å². The van der Waals surface area contributed by atoms with Crippen LogP contribution in [-0.4, -0.2) is 54.6 Å². The quantitative estimate of drug-likeness (QED) is 0.758. The minimum absolute atomic E-state index is 0.00199. The van der Waals surface area contributed by atoms with Crippen molar-refractivity contribution >= 4 is 27.5 Å². The van der Waals surface area contributed by atoms with Crippen LogP contribution in [0, 0.1) is 0 Å². The largest absolute Gasteiger partial charge is 0.471 e. The van der Waals surface area contributed by atoms with E-state index in [1.807, 2.05) is 0 Å². The fourth-order valence-electron chi connectivity index (χ4n) is 1.47. The number of thioether (sulfide) groups is 1. The minimum atomic E-state index is -5.02. The molecule has 1 saturated heterocycles. The Morgan fingerprint density at radius 2 is 2.06 bits per heavy atom. The molecule has 1 heterocycles. The normalized spacial score (nSPS) is 22.6. The van der Waals surface area contributed by atoms with Gasteiger partial charge in [0.15, 0.2) is 9.84 Å². The first-order chi connectivity index (χ1) is 7.70. The van der Waals surface area contributed by atoms with Gasteiger partial charge >= 0.3 is 12.1 Å². The van der Waals surface area contributed by atoms with Gasteiger partial charge in [0.2, 0.25) is 0 Å². The number of carbonyl (C=O) groups excluding carboxylic acids is 1. The van der Waals surface area contributed by atoms with Crippen molar-refractivity contribution in [1.29, 1.82) is 0 Å². The smallest absolute Gasteiger partial charge is 0.316 e. The maximum absolute atomic E-state index is 12.3. The highest BCUT2D eigenvalue weighted by Crippen LogP contribution is 2.27. The van der Waals surface area contributed by atoms with Gasteiger partial charge in [-0.2, -0.15) is 24.9 Å². The van der Waals surface area contributed by atoms with Crippen LogP contribution >= 0.6 is 11.8 Å². The number of carbonyl (C=O) groups is 1. The molecule has 1 aliphatic rings. The maximum atomic E-state index is 12.3. The molecule has 1 fully saturated rings. The van der Waals surface area contributed by atoms with Gasteiger partial charge in [0.05, 0.1) is 0 Å². The lowest BCUT2D eigenvalue weighted by molar-refractivity contribution is -0.185. The summed E-state index contributed by atoms with van der Waals surface area (Å²) in [5.41, 5.74) is 0. The number of hydrogen-bond donors (Lipinski definition) is 0. The number of nitrogens with zero attached hydrogens (tertiary/aromatic N) is 1. The molecule has 1 amide bonds. The van der Waals surface area contributed by atoms with E-state index < -0.39 is 27.3 Å². The van der Waals surface area contributed by atoms with Crippen LogP contribution in [0.25, 0.3) is 0 Å². The Kier molecular flexibility index (Phi) is 4.34. The van der Waals surface area contributed by atoms with Crippen molar-refractivity contribution in [2.75, 3.05) is 23.8 Å². The van der Waals surface area contributed by atoms with Gasteiger partial charge in [0.1, 0.15) is 5.37 Å². The summed E-state index contributed by atoms with van der Waals surface area (Å²) in [7, 11) is -3.69. The zero-order valence-electron chi connectivity index (χ0n) is 9.03. The molecule has 0 aromatic rings. The van der Waals surface area contributed by atoms with Crippen LogP contribution in [0.2, 0.25) is 0 Å². The Morgan fingerprint density at radius 1 is 1.47 bits per heavy atom. The fourth-order valence-corrected chi connectivity index (χ4v) is 4.43. The van der Waals surface area contributed by atoms with Gasteiger partial charge in [-0.1, -0.05) is 6.92 Å². The highest BCUT2D eigenvalue weighted by molar-refractivity contribution is 8.01. The van der Waals surface area contributed by atoms with Crippen molar-refractivity contribution in [1.82, 2.24) is 4.90 Å². The zero-order chi connectivity index (χ0) is 13.3. The molecule has 1 rings (SSSR count). The van der Waals surface area contributed by atoms with E-state index in [4.69, 9.17) is 0 Å². The Morgan fingerprint density at radius 3 is 2.53 bits per heavy atom. The number of halogens is 3. The van der Waals surface area contributed by atoms with E-state index in [-0.39, 0.29) is 18.1 Å². The van der Waals surface area contributed by atoms with E-state index in [2.05, 4.69) is 0 Å². The summed E-state index contributed by atoms with van der Waals surface area (Å²) < 4.78 is 60.2. The topological polar surface area (TPSA) is 54.5 Å². The summed E-state index contributed by atoms with van der Waals surface area (Å²) in [5.74, 6) is -2.03. The van der Waals surface area contributed by atoms with E-state index >= 15 is 0 Å². The Hall–Kier alpha value is -0.440. The molecular formula is C8H12F3NO3S2. The molecule has 0 aromatic heterocycles. The molecule has 0 bridgehead atoms. The number of amides is 1. The van der Waals surface area contributed by atoms with E-state index in [1.165, 1.54) is 18.7 Å². The fraction of sp³-hybridized carbons (Fsp3) is 0.875. The molecule has 4 nitrogen and oxygen atoms in total. The summed E-state index contributed by atoms with van der Waals surface area (Å²) in [4.78, 5) is 11.5. The van der Waals surface area contributed by atoms with Gasteiger partial charge in [-0.15, -0.1) is 0 Å². The predicted molar refractivity (Wildman–Crippen MR) is 58.3 cm³/mol. The Bertz CT molecular complexity index is 393. The number of alkyl halides is 3. The first kappa shape index (κ1) is 14.6. The maximum Gasteiger partial charge on any atom is 0.471 e. The first-order valence-corrected chi connectivity index (χ1v) is 7.74. The van der Waals surface area contributed by atoms with Gasteiger partial charge in [0.25, 0.3) is 0 Å². The lowest BCUT2D eigenvalue weighted by atomic mass is 10.4. The van der Waals surface area contributed by atoms with Crippen molar-refractivity contribution < 1.29 is 26.4 Å². The lowest BCUT2D eigenvalue weighted by Gasteiger charge is -2.34. The first-order valence-electron chi connectivity index (χ1n) is 4.87. The number of rotatable bonds is 2. The summed E-state index contributed by atoms with van der Waals surface area (Å²) in [6.07, 6.45) is -5.02. The van der Waals surface area contributed by atoms with Gasteiger partial charge in [-0.05, 0) is 0 Å². The molecule has 0 saturated carbocycles. The molecule has 0 aromatic carbocycles. The Balaban J connectivity index is 2.99. The van der Waals surface area contributed by atoms with Gasteiger partial charge in [-0.3, -0.25) is 4.79 Å². The van der Waals surface area contributed by atoms with Gasteiger partial charge in [-0.25, -0.2) is 8.42 Å². The minimum Gasteiger partial charge on any atom is -0.316 e. The van der Waals surface area contributed by atoms with Crippen LogP contribution < -0.4 is 0 Å². The molecule has 9 heteroatoms. The van der Waals surface area contributed by atoms with Crippen LogP contribution in [-0.2, 0) is 14.6 Å². The molecule has 0 aliphatic carbocycles. The van der Waals surface area contributed by atoms with E-state index in [9.17, 15) is 26.4 Å². The highest BCUT2D eigenvalue weighted by atomic mass is 32.2. The van der Waals surface area contributed by atoms with Crippen LogP contribution in [0.15, 0.2) is 0 Å². The summed E-state index contributed by atoms with van der Waals surface area (Å²) in [6, 6.07) is 0. The van der Waals surface area contributed by atoms with Crippen LogP contribution in [0.3, 0.4) is 0 Å². The third kappa shape index (κ3) is 3.27. The second-order valence-corrected chi connectivity index (χ2v) is 7.07. The second kappa shape index (κ2) is 5.05. The average Bonchev–Trinajstić information content (AvgIpc) is 2.27. The molecule has 100 valence electrons. The Labute approximate surface area is 101 Å². The molecule has 17 heavy (non-hydrogen) atoms. The van der Waals surface area contributed by atoms with Crippen molar-refractivity contribution in [3.8, 4) is 0 Å². The lowest BCUT2D eigenvalue weighted by Crippen LogP contribution is -2.54. The van der Waals surface area contributed by atoms with E-state index in [1.54, 1.807) is 0 Å². The molecule has 1 atom stereocenters. The molecule has 0 N–H and O–H groups in total. The van der Waals surface area contributed by atoms with Crippen LogP contribution in [0.4, 0.5) is 13.2 Å². The van der Waals surface area contributed by atoms with E-state index in [0.29, 0.717) is 10.7 Å². The summed E-state index contributed by atoms with van der Waals surface area (Å²) >= 11 is 1.24. The molecule has 0 spiro atoms. The summed E-state index contributed by atoms with van der Waals surface area (Å²) in [6.45, 7) is 1.16. The SMILES string of the molecule is CCS(=O)(=O)C1CSCCN1C(=O)C(F)(F)F. The molecular weight excluding hydrogens is 279 g/mol. The zero-order valence-corrected chi connectivity index (χ0v) is 10.7. The molecule has 1 unspecified atom stereocenters. The summed E-state index contributed by atoms with van der Waals surface area (Å²) in [5, 5.41) is -1.36.